The summed E-state index contributed by atoms with van der Waals surface area (Å²) in [4.78, 5) is 0. The lowest BCUT2D eigenvalue weighted by Crippen LogP contribution is -2.33. The summed E-state index contributed by atoms with van der Waals surface area (Å²) in [7, 11) is 0. The minimum atomic E-state index is -3.88. The van der Waals surface area contributed by atoms with Crippen molar-refractivity contribution in [3.63, 3.8) is 0 Å². The summed E-state index contributed by atoms with van der Waals surface area (Å²) in [5.41, 5.74) is 3.01. The highest BCUT2D eigenvalue weighted by atomic mass is 19.3. The summed E-state index contributed by atoms with van der Waals surface area (Å²) in [6.07, 6.45) is -3.88. The van der Waals surface area contributed by atoms with Crippen molar-refractivity contribution < 1.29 is 31.8 Å². The van der Waals surface area contributed by atoms with Crippen LogP contribution < -0.4 is 14.2 Å². The number of rotatable bonds is 8. The van der Waals surface area contributed by atoms with Gasteiger partial charge >= 0.3 is 6.11 Å². The summed E-state index contributed by atoms with van der Waals surface area (Å²) in [5.74, 6) is -4.07. The van der Waals surface area contributed by atoms with Crippen LogP contribution in [0.5, 0.6) is 17.2 Å². The zero-order valence-electron chi connectivity index (χ0n) is 16.4. The van der Waals surface area contributed by atoms with Crippen LogP contribution in [0, 0.1) is 18.6 Å². The Morgan fingerprint density at radius 3 is 1.87 bits per heavy atom. The van der Waals surface area contributed by atoms with Gasteiger partial charge < -0.3 is 14.2 Å². The molecule has 0 N–H and O–H groups in total. The van der Waals surface area contributed by atoms with E-state index in [-0.39, 0.29) is 18.1 Å². The first-order valence-corrected chi connectivity index (χ1v) is 9.26. The Bertz CT molecular complexity index is 987. The first-order valence-electron chi connectivity index (χ1n) is 9.26. The van der Waals surface area contributed by atoms with Crippen molar-refractivity contribution in [2.24, 2.45) is 0 Å². The van der Waals surface area contributed by atoms with Gasteiger partial charge in [0.05, 0.1) is 6.61 Å². The molecule has 0 saturated heterocycles. The van der Waals surface area contributed by atoms with Crippen LogP contribution in [0.2, 0.25) is 0 Å². The molecule has 0 atom stereocenters. The summed E-state index contributed by atoms with van der Waals surface area (Å²) in [5, 5.41) is 0. The Balaban J connectivity index is 1.63. The molecule has 0 amide bonds. The van der Waals surface area contributed by atoms with Gasteiger partial charge in [0.25, 0.3) is 0 Å². The quantitative estimate of drug-likeness (QED) is 0.395. The summed E-state index contributed by atoms with van der Waals surface area (Å²) >= 11 is 0. The van der Waals surface area contributed by atoms with E-state index in [4.69, 9.17) is 9.47 Å². The number of hydrogen-bond donors (Lipinski definition) is 0. The van der Waals surface area contributed by atoms with Gasteiger partial charge in [0.15, 0.2) is 18.1 Å². The van der Waals surface area contributed by atoms with E-state index < -0.39 is 30.1 Å². The van der Waals surface area contributed by atoms with Crippen LogP contribution in [0.1, 0.15) is 12.5 Å². The van der Waals surface area contributed by atoms with Crippen molar-refractivity contribution in [2.75, 3.05) is 13.2 Å². The Labute approximate surface area is 171 Å². The Morgan fingerprint density at radius 1 is 0.733 bits per heavy atom. The zero-order valence-corrected chi connectivity index (χ0v) is 16.4. The van der Waals surface area contributed by atoms with Crippen LogP contribution in [-0.4, -0.2) is 19.3 Å². The van der Waals surface area contributed by atoms with E-state index in [1.54, 1.807) is 31.2 Å². The molecule has 0 aliphatic heterocycles. The van der Waals surface area contributed by atoms with Crippen LogP contribution in [0.4, 0.5) is 17.6 Å². The van der Waals surface area contributed by atoms with Crippen LogP contribution in [0.3, 0.4) is 0 Å². The number of alkyl halides is 2. The molecule has 0 fully saturated rings. The first-order chi connectivity index (χ1) is 14.3. The van der Waals surface area contributed by atoms with E-state index in [9.17, 15) is 17.6 Å². The maximum atomic E-state index is 14.1. The van der Waals surface area contributed by atoms with Crippen LogP contribution in [0.15, 0.2) is 60.7 Å². The summed E-state index contributed by atoms with van der Waals surface area (Å²) in [6.45, 7) is 2.49. The summed E-state index contributed by atoms with van der Waals surface area (Å²) < 4.78 is 70.2. The van der Waals surface area contributed by atoms with Crippen LogP contribution in [-0.2, 0) is 0 Å². The lowest BCUT2D eigenvalue weighted by molar-refractivity contribution is -0.196. The molecule has 0 spiro atoms. The second-order valence-electron chi connectivity index (χ2n) is 6.54. The normalized spacial score (nSPS) is 11.3. The second kappa shape index (κ2) is 9.07. The minimum absolute atomic E-state index is 0.100. The average molecular weight is 420 g/mol. The Morgan fingerprint density at radius 2 is 1.27 bits per heavy atom. The smallest absolute Gasteiger partial charge is 0.433 e. The lowest BCUT2D eigenvalue weighted by Gasteiger charge is -2.19. The molecular weight excluding hydrogens is 400 g/mol. The van der Waals surface area contributed by atoms with Gasteiger partial charge in [-0.15, -0.1) is 0 Å². The monoisotopic (exact) mass is 420 g/mol. The zero-order chi connectivity index (χ0) is 21.7. The fourth-order valence-electron chi connectivity index (χ4n) is 2.71. The molecule has 0 aromatic heterocycles. The van der Waals surface area contributed by atoms with Crippen LogP contribution in [0.25, 0.3) is 11.1 Å². The predicted octanol–water partition coefficient (Wildman–Crippen LogP) is 6.39. The third kappa shape index (κ3) is 5.23. The molecule has 30 heavy (non-hydrogen) atoms. The largest absolute Gasteiger partial charge is 0.491 e. The first kappa shape index (κ1) is 21.5. The van der Waals surface area contributed by atoms with Gasteiger partial charge in [-0.3, -0.25) is 0 Å². The SMILES string of the molecule is CCOc1ccc(OC(F)(F)COc2ccc(-c3ccc(C)cc3)cc2)c(F)c1F. The topological polar surface area (TPSA) is 27.7 Å². The molecule has 0 bridgehead atoms. The van der Waals surface area contributed by atoms with Crippen molar-refractivity contribution in [1.29, 1.82) is 0 Å². The average Bonchev–Trinajstić information content (AvgIpc) is 2.73. The van der Waals surface area contributed by atoms with Gasteiger partial charge in [0.2, 0.25) is 11.6 Å². The number of ether oxygens (including phenoxy) is 3. The number of aryl methyl sites for hydroxylation is 1. The molecule has 0 saturated carbocycles. The standard InChI is InChI=1S/C23H20F4O3/c1-3-28-19-12-13-20(22(25)21(19)24)30-23(26,27)14-29-18-10-8-17(9-11-18)16-6-4-15(2)5-7-16/h4-13H,3,14H2,1-2H3. The van der Waals surface area contributed by atoms with Crippen LogP contribution >= 0.6 is 0 Å². The fraction of sp³-hybridized carbons (Fsp3) is 0.217. The maximum absolute atomic E-state index is 14.1. The molecule has 0 aliphatic rings. The van der Waals surface area contributed by atoms with Gasteiger partial charge in [0, 0.05) is 0 Å². The molecule has 7 heteroatoms. The van der Waals surface area contributed by atoms with E-state index in [0.717, 1.165) is 28.8 Å². The number of benzene rings is 3. The predicted molar refractivity (Wildman–Crippen MR) is 105 cm³/mol. The Kier molecular flexibility index (Phi) is 6.50. The van der Waals surface area contributed by atoms with Gasteiger partial charge in [0.1, 0.15) is 5.75 Å². The van der Waals surface area contributed by atoms with Gasteiger partial charge in [-0.1, -0.05) is 42.0 Å². The van der Waals surface area contributed by atoms with E-state index in [1.165, 1.54) is 0 Å². The highest BCUT2D eigenvalue weighted by molar-refractivity contribution is 5.64. The van der Waals surface area contributed by atoms with Crippen molar-refractivity contribution in [3.8, 4) is 28.4 Å². The maximum Gasteiger partial charge on any atom is 0.433 e. The summed E-state index contributed by atoms with van der Waals surface area (Å²) in [6, 6.07) is 16.3. The fourth-order valence-corrected chi connectivity index (χ4v) is 2.71. The highest BCUT2D eigenvalue weighted by Gasteiger charge is 2.35. The van der Waals surface area contributed by atoms with Gasteiger partial charge in [-0.2, -0.15) is 17.6 Å². The van der Waals surface area contributed by atoms with Crippen molar-refractivity contribution in [1.82, 2.24) is 0 Å². The third-order valence-corrected chi connectivity index (χ3v) is 4.22. The molecule has 0 heterocycles. The van der Waals surface area contributed by atoms with Gasteiger partial charge in [-0.25, -0.2) is 0 Å². The lowest BCUT2D eigenvalue weighted by atomic mass is 10.0. The Hall–Kier alpha value is -3.22. The molecule has 3 nitrogen and oxygen atoms in total. The minimum Gasteiger partial charge on any atom is -0.491 e. The van der Waals surface area contributed by atoms with Crippen molar-refractivity contribution >= 4 is 0 Å². The molecule has 3 aromatic carbocycles. The van der Waals surface area contributed by atoms with Crippen molar-refractivity contribution in [3.05, 3.63) is 77.9 Å². The molecular formula is C23H20F4O3. The molecule has 158 valence electrons. The van der Waals surface area contributed by atoms with E-state index in [1.807, 2.05) is 31.2 Å². The van der Waals surface area contributed by atoms with Gasteiger partial charge in [-0.05, 0) is 49.2 Å². The van der Waals surface area contributed by atoms with Crippen molar-refractivity contribution in [2.45, 2.75) is 20.0 Å². The molecule has 0 aliphatic carbocycles. The van der Waals surface area contributed by atoms with E-state index in [0.29, 0.717) is 0 Å². The number of hydrogen-bond acceptors (Lipinski definition) is 3. The van der Waals surface area contributed by atoms with E-state index in [2.05, 4.69) is 4.74 Å². The molecule has 3 rings (SSSR count). The molecule has 3 aromatic rings. The molecule has 0 unspecified atom stereocenters. The molecule has 0 radical (unpaired) electrons. The highest BCUT2D eigenvalue weighted by Crippen LogP contribution is 2.31. The third-order valence-electron chi connectivity index (χ3n) is 4.22. The number of halogens is 4. The second-order valence-corrected chi connectivity index (χ2v) is 6.54. The van der Waals surface area contributed by atoms with E-state index >= 15 is 0 Å².